The lowest BCUT2D eigenvalue weighted by Crippen LogP contribution is -2.28. The molecule has 4 rings (SSSR count). The third-order valence-electron chi connectivity index (χ3n) is 4.94. The Hall–Kier alpha value is -3.76. The first kappa shape index (κ1) is 21.5. The molecule has 2 amide bonds. The second-order valence-electron chi connectivity index (χ2n) is 6.95. The van der Waals surface area contributed by atoms with E-state index in [1.54, 1.807) is 0 Å². The molecule has 1 aromatic heterocycles. The molecule has 1 aliphatic carbocycles. The van der Waals surface area contributed by atoms with Gasteiger partial charge >= 0.3 is 12.1 Å². The smallest absolute Gasteiger partial charge is 0.413 e. The van der Waals surface area contributed by atoms with Crippen LogP contribution >= 0.6 is 11.3 Å². The van der Waals surface area contributed by atoms with Crippen molar-refractivity contribution in [1.82, 2.24) is 10.0 Å². The van der Waals surface area contributed by atoms with Crippen molar-refractivity contribution in [2.24, 2.45) is 0 Å². The Morgan fingerprint density at radius 1 is 1.09 bits per heavy atom. The Kier molecular flexibility index (Phi) is 6.15. The predicted octanol–water partition coefficient (Wildman–Crippen LogP) is 3.59. The van der Waals surface area contributed by atoms with Crippen molar-refractivity contribution in [2.45, 2.75) is 5.92 Å². The molecule has 2 aromatic carbocycles. The molecule has 164 valence electrons. The topological polar surface area (TPSA) is 118 Å². The summed E-state index contributed by atoms with van der Waals surface area (Å²) in [7, 11) is 1.30. The molecular formula is C22H19N3O6S. The van der Waals surface area contributed by atoms with Crippen LogP contribution in [-0.4, -0.2) is 53.4 Å². The Morgan fingerprint density at radius 2 is 1.72 bits per heavy atom. The first-order chi connectivity index (χ1) is 15.4. The van der Waals surface area contributed by atoms with Crippen LogP contribution in [0.5, 0.6) is 0 Å². The normalized spacial score (nSPS) is 12.0. The maximum absolute atomic E-state index is 12.3. The number of benzene rings is 2. The van der Waals surface area contributed by atoms with Crippen LogP contribution in [0.1, 0.15) is 26.7 Å². The molecule has 0 bridgehead atoms. The fourth-order valence-electron chi connectivity index (χ4n) is 3.52. The Labute approximate surface area is 187 Å². The van der Waals surface area contributed by atoms with Crippen molar-refractivity contribution in [3.05, 3.63) is 70.7 Å². The minimum atomic E-state index is -1.20. The van der Waals surface area contributed by atoms with Crippen LogP contribution < -0.4 is 5.32 Å². The maximum atomic E-state index is 12.3. The van der Waals surface area contributed by atoms with Crippen LogP contribution in [-0.2, 0) is 14.4 Å². The third-order valence-corrected chi connectivity index (χ3v) is 5.84. The van der Waals surface area contributed by atoms with Crippen LogP contribution in [0, 0.1) is 0 Å². The first-order valence-electron chi connectivity index (χ1n) is 9.64. The van der Waals surface area contributed by atoms with E-state index in [0.29, 0.717) is 0 Å². The van der Waals surface area contributed by atoms with E-state index in [0.717, 1.165) is 38.7 Å². The van der Waals surface area contributed by atoms with Crippen molar-refractivity contribution in [3.8, 4) is 11.1 Å². The standard InChI is InChI=1S/C22H19N3O6S/c1-25(31-12-19(26)27)20(28)18-10-23-21(32-18)24-22(29)30-11-17-15-8-4-2-6-13(15)14-7-3-5-9-16(14)17/h2-10,17H,11-12H2,1H3,(H,26,27)(H,23,24,29). The van der Waals surface area contributed by atoms with Crippen molar-refractivity contribution >= 4 is 34.4 Å². The van der Waals surface area contributed by atoms with Gasteiger partial charge in [-0.1, -0.05) is 59.9 Å². The van der Waals surface area contributed by atoms with Crippen LogP contribution in [0.4, 0.5) is 9.93 Å². The summed E-state index contributed by atoms with van der Waals surface area (Å²) in [5.74, 6) is -1.85. The van der Waals surface area contributed by atoms with Gasteiger partial charge in [-0.05, 0) is 22.3 Å². The SMILES string of the molecule is CN(OCC(=O)O)C(=O)c1cnc(NC(=O)OCC2c3ccccc3-c3ccccc32)s1. The number of carbonyl (C=O) groups excluding carboxylic acids is 2. The summed E-state index contributed by atoms with van der Waals surface area (Å²) >= 11 is 0.925. The van der Waals surface area contributed by atoms with Crippen molar-refractivity contribution in [3.63, 3.8) is 0 Å². The molecule has 0 saturated carbocycles. The maximum Gasteiger partial charge on any atom is 0.413 e. The van der Waals surface area contributed by atoms with Crippen molar-refractivity contribution in [1.29, 1.82) is 0 Å². The number of hydrogen-bond donors (Lipinski definition) is 2. The van der Waals surface area contributed by atoms with E-state index in [4.69, 9.17) is 14.7 Å². The number of carbonyl (C=O) groups is 3. The van der Waals surface area contributed by atoms with Gasteiger partial charge in [0, 0.05) is 13.0 Å². The fraction of sp³-hybridized carbons (Fsp3) is 0.182. The van der Waals surface area contributed by atoms with Gasteiger partial charge in [-0.2, -0.15) is 0 Å². The average Bonchev–Trinajstić information content (AvgIpc) is 3.38. The number of fused-ring (bicyclic) bond motifs is 3. The number of nitrogens with one attached hydrogen (secondary N) is 1. The van der Waals surface area contributed by atoms with Gasteiger partial charge in [0.05, 0.1) is 6.20 Å². The number of aliphatic carboxylic acids is 1. The number of thiazole rings is 1. The first-order valence-corrected chi connectivity index (χ1v) is 10.5. The van der Waals surface area contributed by atoms with Gasteiger partial charge in [0.15, 0.2) is 11.7 Å². The number of carboxylic acid groups (broad SMARTS) is 1. The summed E-state index contributed by atoms with van der Waals surface area (Å²) in [4.78, 5) is 44.1. The minimum Gasteiger partial charge on any atom is -0.479 e. The highest BCUT2D eigenvalue weighted by atomic mass is 32.1. The number of carboxylic acids is 1. The van der Waals surface area contributed by atoms with Gasteiger partial charge in [0.2, 0.25) is 0 Å². The van der Waals surface area contributed by atoms with Crippen LogP contribution in [0.25, 0.3) is 11.1 Å². The number of nitrogens with zero attached hydrogens (tertiary/aromatic N) is 2. The highest BCUT2D eigenvalue weighted by molar-refractivity contribution is 7.17. The monoisotopic (exact) mass is 453 g/mol. The number of amides is 2. The van der Waals surface area contributed by atoms with Gasteiger partial charge in [-0.15, -0.1) is 0 Å². The minimum absolute atomic E-state index is 0.0679. The average molecular weight is 453 g/mol. The van der Waals surface area contributed by atoms with Gasteiger partial charge in [0.1, 0.15) is 11.5 Å². The number of hydroxylamine groups is 2. The molecule has 0 fully saturated rings. The third kappa shape index (κ3) is 4.46. The van der Waals surface area contributed by atoms with E-state index < -0.39 is 24.6 Å². The summed E-state index contributed by atoms with van der Waals surface area (Å²) in [6, 6.07) is 16.1. The summed E-state index contributed by atoms with van der Waals surface area (Å²) in [5, 5.41) is 12.1. The molecule has 0 unspecified atom stereocenters. The van der Waals surface area contributed by atoms with E-state index in [2.05, 4.69) is 22.4 Å². The van der Waals surface area contributed by atoms with E-state index in [9.17, 15) is 14.4 Å². The predicted molar refractivity (Wildman–Crippen MR) is 116 cm³/mol. The zero-order valence-electron chi connectivity index (χ0n) is 17.0. The largest absolute Gasteiger partial charge is 0.479 e. The zero-order chi connectivity index (χ0) is 22.7. The van der Waals surface area contributed by atoms with Crippen LogP contribution in [0.3, 0.4) is 0 Å². The summed E-state index contributed by atoms with van der Waals surface area (Å²) in [5.41, 5.74) is 4.48. The summed E-state index contributed by atoms with van der Waals surface area (Å²) in [6.45, 7) is -0.491. The molecule has 10 heteroatoms. The van der Waals surface area contributed by atoms with E-state index in [-0.39, 0.29) is 22.5 Å². The Morgan fingerprint density at radius 3 is 2.34 bits per heavy atom. The van der Waals surface area contributed by atoms with Gasteiger partial charge in [0.25, 0.3) is 5.91 Å². The van der Waals surface area contributed by atoms with Gasteiger partial charge in [-0.25, -0.2) is 19.6 Å². The number of hydrogen-bond acceptors (Lipinski definition) is 7. The molecule has 1 heterocycles. The molecule has 0 radical (unpaired) electrons. The quantitative estimate of drug-likeness (QED) is 0.525. The molecule has 0 atom stereocenters. The number of rotatable bonds is 7. The lowest BCUT2D eigenvalue weighted by atomic mass is 9.98. The second-order valence-corrected chi connectivity index (χ2v) is 7.98. The van der Waals surface area contributed by atoms with Crippen molar-refractivity contribution in [2.75, 3.05) is 25.6 Å². The lowest BCUT2D eigenvalue weighted by Gasteiger charge is -2.14. The number of anilines is 1. The second kappa shape index (κ2) is 9.16. The van der Waals surface area contributed by atoms with Crippen LogP contribution in [0.15, 0.2) is 54.7 Å². The molecule has 0 aliphatic heterocycles. The van der Waals surface area contributed by atoms with Crippen molar-refractivity contribution < 1.29 is 29.1 Å². The summed E-state index contributed by atoms with van der Waals surface area (Å²) < 4.78 is 5.46. The Bertz CT molecular complexity index is 1130. The fourth-order valence-corrected chi connectivity index (χ4v) is 4.29. The number of aromatic nitrogens is 1. The molecule has 0 saturated heterocycles. The van der Waals surface area contributed by atoms with Gasteiger partial charge in [-0.3, -0.25) is 14.9 Å². The summed E-state index contributed by atoms with van der Waals surface area (Å²) in [6.07, 6.45) is 0.586. The molecule has 32 heavy (non-hydrogen) atoms. The van der Waals surface area contributed by atoms with E-state index in [1.807, 2.05) is 36.4 Å². The number of ether oxygens (including phenoxy) is 1. The Balaban J connectivity index is 1.36. The highest BCUT2D eigenvalue weighted by Gasteiger charge is 2.29. The molecule has 2 N–H and O–H groups in total. The van der Waals surface area contributed by atoms with Crippen LogP contribution in [0.2, 0.25) is 0 Å². The van der Waals surface area contributed by atoms with E-state index in [1.165, 1.54) is 13.2 Å². The molecule has 1 aliphatic rings. The lowest BCUT2D eigenvalue weighted by molar-refractivity contribution is -0.159. The van der Waals surface area contributed by atoms with Gasteiger partial charge < -0.3 is 9.84 Å². The molecule has 0 spiro atoms. The van der Waals surface area contributed by atoms with E-state index >= 15 is 0 Å². The molecule has 3 aromatic rings. The molecular weight excluding hydrogens is 434 g/mol. The zero-order valence-corrected chi connectivity index (χ0v) is 17.8. The molecule has 9 nitrogen and oxygen atoms in total. The highest BCUT2D eigenvalue weighted by Crippen LogP contribution is 2.44.